The zero-order valence-electron chi connectivity index (χ0n) is 17.7. The van der Waals surface area contributed by atoms with E-state index in [2.05, 4.69) is 25.9 Å². The SMILES string of the molecule is Cn1ccc2c(Nc3nc(N[C@H](Cc4ccccc4)NC=O)c(F)cc3C(N)=O)ccnc21. The van der Waals surface area contributed by atoms with Gasteiger partial charge in [-0.2, -0.15) is 0 Å². The first kappa shape index (κ1) is 21.8. The third-order valence-electron chi connectivity index (χ3n) is 5.13. The molecule has 1 aromatic carbocycles. The molecule has 0 saturated carbocycles. The quantitative estimate of drug-likeness (QED) is 0.231. The molecule has 10 heteroatoms. The Morgan fingerprint density at radius 1 is 1.21 bits per heavy atom. The van der Waals surface area contributed by atoms with Crippen molar-refractivity contribution in [1.82, 2.24) is 19.9 Å². The number of fused-ring (bicyclic) bond motifs is 1. The average molecular weight is 447 g/mol. The third-order valence-corrected chi connectivity index (χ3v) is 5.13. The molecule has 4 aromatic rings. The largest absolute Gasteiger partial charge is 0.365 e. The van der Waals surface area contributed by atoms with Crippen LogP contribution in [0.4, 0.5) is 21.7 Å². The number of hydrogen-bond acceptors (Lipinski definition) is 6. The number of aryl methyl sites for hydroxylation is 1. The summed E-state index contributed by atoms with van der Waals surface area (Å²) < 4.78 is 16.7. The monoisotopic (exact) mass is 447 g/mol. The summed E-state index contributed by atoms with van der Waals surface area (Å²) in [6.45, 7) is 0. The first-order chi connectivity index (χ1) is 16.0. The molecule has 0 saturated heterocycles. The minimum absolute atomic E-state index is 0.0762. The summed E-state index contributed by atoms with van der Waals surface area (Å²) in [5.41, 5.74) is 7.64. The van der Waals surface area contributed by atoms with Crippen molar-refractivity contribution in [3.05, 3.63) is 77.9 Å². The molecule has 33 heavy (non-hydrogen) atoms. The highest BCUT2D eigenvalue weighted by molar-refractivity contribution is 6.00. The van der Waals surface area contributed by atoms with Crippen LogP contribution in [-0.2, 0) is 18.3 Å². The summed E-state index contributed by atoms with van der Waals surface area (Å²) in [5.74, 6) is -1.68. The van der Waals surface area contributed by atoms with Gasteiger partial charge in [-0.25, -0.2) is 14.4 Å². The molecule has 168 valence electrons. The molecule has 0 aliphatic carbocycles. The van der Waals surface area contributed by atoms with Gasteiger partial charge in [0.1, 0.15) is 17.6 Å². The van der Waals surface area contributed by atoms with Gasteiger partial charge in [-0.05, 0) is 23.8 Å². The second-order valence-corrected chi connectivity index (χ2v) is 7.40. The van der Waals surface area contributed by atoms with Crippen LogP contribution in [0.2, 0.25) is 0 Å². The van der Waals surface area contributed by atoms with Crippen molar-refractivity contribution in [2.45, 2.75) is 12.6 Å². The molecule has 1 atom stereocenters. The molecule has 0 fully saturated rings. The van der Waals surface area contributed by atoms with Crippen molar-refractivity contribution in [3.8, 4) is 0 Å². The number of pyridine rings is 2. The highest BCUT2D eigenvalue weighted by Crippen LogP contribution is 2.28. The van der Waals surface area contributed by atoms with Crippen molar-refractivity contribution in [3.63, 3.8) is 0 Å². The molecule has 2 amide bonds. The van der Waals surface area contributed by atoms with Crippen molar-refractivity contribution < 1.29 is 14.0 Å². The number of primary amides is 1. The van der Waals surface area contributed by atoms with Crippen LogP contribution in [0, 0.1) is 5.82 Å². The Hall–Kier alpha value is -4.47. The molecule has 3 heterocycles. The summed E-state index contributed by atoms with van der Waals surface area (Å²) in [6, 6.07) is 14.0. The summed E-state index contributed by atoms with van der Waals surface area (Å²) in [7, 11) is 1.86. The van der Waals surface area contributed by atoms with Crippen molar-refractivity contribution in [2.75, 3.05) is 10.6 Å². The molecule has 5 N–H and O–H groups in total. The number of carbonyl (C=O) groups is 2. The lowest BCUT2D eigenvalue weighted by Gasteiger charge is -2.20. The van der Waals surface area contributed by atoms with E-state index in [0.29, 0.717) is 18.5 Å². The molecule has 4 rings (SSSR count). The predicted molar refractivity (Wildman–Crippen MR) is 123 cm³/mol. The summed E-state index contributed by atoms with van der Waals surface area (Å²) in [5, 5.41) is 9.38. The second kappa shape index (κ2) is 9.35. The summed E-state index contributed by atoms with van der Waals surface area (Å²) >= 11 is 0. The van der Waals surface area contributed by atoms with Crippen LogP contribution >= 0.6 is 0 Å². The molecule has 0 bridgehead atoms. The molecule has 0 spiro atoms. The van der Waals surface area contributed by atoms with Gasteiger partial charge in [0, 0.05) is 31.2 Å². The Bertz CT molecular complexity index is 1310. The van der Waals surface area contributed by atoms with Crippen molar-refractivity contribution in [1.29, 1.82) is 0 Å². The normalized spacial score (nSPS) is 11.7. The van der Waals surface area contributed by atoms with E-state index in [1.165, 1.54) is 0 Å². The highest BCUT2D eigenvalue weighted by atomic mass is 19.1. The number of hydrogen-bond donors (Lipinski definition) is 4. The fourth-order valence-electron chi connectivity index (χ4n) is 3.52. The lowest BCUT2D eigenvalue weighted by molar-refractivity contribution is -0.110. The number of benzene rings is 1. The molecular formula is C23H22FN7O2. The van der Waals surface area contributed by atoms with E-state index in [9.17, 15) is 14.0 Å². The Kier molecular flexibility index (Phi) is 6.16. The molecule has 3 aromatic heterocycles. The first-order valence-electron chi connectivity index (χ1n) is 10.1. The van der Waals surface area contributed by atoms with Crippen molar-refractivity contribution >= 4 is 40.7 Å². The van der Waals surface area contributed by atoms with Crippen LogP contribution in [0.3, 0.4) is 0 Å². The maximum atomic E-state index is 14.8. The average Bonchev–Trinajstić information content (AvgIpc) is 3.18. The molecule has 0 aliphatic rings. The molecular weight excluding hydrogens is 425 g/mol. The minimum atomic E-state index is -0.833. The highest BCUT2D eigenvalue weighted by Gasteiger charge is 2.19. The Labute approximate surface area is 188 Å². The Balaban J connectivity index is 1.68. The van der Waals surface area contributed by atoms with E-state index in [4.69, 9.17) is 5.73 Å². The van der Waals surface area contributed by atoms with E-state index in [1.54, 1.807) is 12.3 Å². The zero-order chi connectivity index (χ0) is 23.4. The van der Waals surface area contributed by atoms with E-state index in [0.717, 1.165) is 22.7 Å². The first-order valence-corrected chi connectivity index (χ1v) is 10.1. The molecule has 9 nitrogen and oxygen atoms in total. The van der Waals surface area contributed by atoms with E-state index >= 15 is 0 Å². The Morgan fingerprint density at radius 3 is 2.73 bits per heavy atom. The second-order valence-electron chi connectivity index (χ2n) is 7.40. The number of aromatic nitrogens is 3. The van der Waals surface area contributed by atoms with Gasteiger partial charge >= 0.3 is 0 Å². The van der Waals surface area contributed by atoms with Gasteiger partial charge in [0.2, 0.25) is 6.41 Å². The van der Waals surface area contributed by atoms with Crippen LogP contribution < -0.4 is 21.7 Å². The maximum Gasteiger partial charge on any atom is 0.252 e. The fraction of sp³-hybridized carbons (Fsp3) is 0.130. The number of rotatable bonds is 9. The predicted octanol–water partition coefficient (Wildman–Crippen LogP) is 2.68. The van der Waals surface area contributed by atoms with Gasteiger partial charge in [0.25, 0.3) is 5.91 Å². The van der Waals surface area contributed by atoms with Gasteiger partial charge in [0.05, 0.1) is 11.3 Å². The number of nitrogens with one attached hydrogen (secondary N) is 3. The number of nitrogens with two attached hydrogens (primary N) is 1. The van der Waals surface area contributed by atoms with Crippen LogP contribution in [0.25, 0.3) is 11.0 Å². The lowest BCUT2D eigenvalue weighted by Crippen LogP contribution is -2.38. The molecule has 0 aliphatic heterocycles. The standard InChI is InChI=1S/C23H22FN7O2/c1-31-10-8-15-18(7-9-26-23(15)31)28-21-16(20(25)33)12-17(24)22(30-21)29-19(27-13-32)11-14-5-3-2-4-6-14/h2-10,12-13,19H,11H2,1H3,(H2,25,33)(H,27,32)(H2,26,28,29,30)/t19-/m1/s1. The summed E-state index contributed by atoms with van der Waals surface area (Å²) in [4.78, 5) is 31.7. The lowest BCUT2D eigenvalue weighted by atomic mass is 10.1. The molecule has 0 radical (unpaired) electrons. The van der Waals surface area contributed by atoms with Gasteiger partial charge in [-0.15, -0.1) is 0 Å². The van der Waals surface area contributed by atoms with Crippen LogP contribution in [0.5, 0.6) is 0 Å². The van der Waals surface area contributed by atoms with Crippen LogP contribution in [-0.4, -0.2) is 33.0 Å². The minimum Gasteiger partial charge on any atom is -0.365 e. The number of amides is 2. The van der Waals surface area contributed by atoms with Crippen LogP contribution in [0.15, 0.2) is 60.9 Å². The van der Waals surface area contributed by atoms with Gasteiger partial charge < -0.3 is 26.3 Å². The number of halogens is 1. The third kappa shape index (κ3) is 4.74. The van der Waals surface area contributed by atoms with E-state index in [-0.39, 0.29) is 17.2 Å². The van der Waals surface area contributed by atoms with Gasteiger partial charge in [-0.3, -0.25) is 9.59 Å². The topological polar surface area (TPSA) is 127 Å². The fourth-order valence-corrected chi connectivity index (χ4v) is 3.52. The zero-order valence-corrected chi connectivity index (χ0v) is 17.7. The Morgan fingerprint density at radius 2 is 2.00 bits per heavy atom. The number of carbonyl (C=O) groups excluding carboxylic acids is 2. The van der Waals surface area contributed by atoms with Crippen molar-refractivity contribution in [2.24, 2.45) is 12.8 Å². The number of anilines is 3. The van der Waals surface area contributed by atoms with E-state index < -0.39 is 17.9 Å². The van der Waals surface area contributed by atoms with E-state index in [1.807, 2.05) is 54.2 Å². The summed E-state index contributed by atoms with van der Waals surface area (Å²) in [6.07, 6.45) is 3.73. The van der Waals surface area contributed by atoms with Crippen LogP contribution in [0.1, 0.15) is 15.9 Å². The maximum absolute atomic E-state index is 14.8. The molecule has 0 unspecified atom stereocenters. The van der Waals surface area contributed by atoms with Gasteiger partial charge in [0.15, 0.2) is 11.6 Å². The van der Waals surface area contributed by atoms with Gasteiger partial charge in [-0.1, -0.05) is 30.3 Å². The number of nitrogens with zero attached hydrogens (tertiary/aromatic N) is 3. The smallest absolute Gasteiger partial charge is 0.252 e.